The Labute approximate surface area is 118 Å². The maximum absolute atomic E-state index is 11.4. The molecule has 19 heavy (non-hydrogen) atoms. The molecule has 1 heterocycles. The largest absolute Gasteiger partial charge is 0.295 e. The van der Waals surface area contributed by atoms with Crippen molar-refractivity contribution in [1.82, 2.24) is 4.98 Å². The third-order valence-electron chi connectivity index (χ3n) is 2.70. The first kappa shape index (κ1) is 13.8. The minimum atomic E-state index is 0.0850. The molecule has 0 bridgehead atoms. The Morgan fingerprint density at radius 1 is 1.16 bits per heavy atom. The summed E-state index contributed by atoms with van der Waals surface area (Å²) < 4.78 is 0. The van der Waals surface area contributed by atoms with Crippen molar-refractivity contribution in [2.75, 3.05) is 0 Å². The average Bonchev–Trinajstić information content (AvgIpc) is 2.39. The van der Waals surface area contributed by atoms with Gasteiger partial charge in [-0.3, -0.25) is 4.79 Å². The fourth-order valence-electron chi connectivity index (χ4n) is 1.78. The molecule has 0 saturated heterocycles. The summed E-state index contributed by atoms with van der Waals surface area (Å²) in [5.41, 5.74) is 2.80. The van der Waals surface area contributed by atoms with Gasteiger partial charge < -0.3 is 0 Å². The van der Waals surface area contributed by atoms with Gasteiger partial charge >= 0.3 is 0 Å². The molecule has 3 heteroatoms. The van der Waals surface area contributed by atoms with Crippen molar-refractivity contribution in [3.8, 4) is 11.1 Å². The van der Waals surface area contributed by atoms with E-state index in [2.05, 4.69) is 24.9 Å². The lowest BCUT2D eigenvalue weighted by atomic mass is 10.0. The molecule has 1 aromatic heterocycles. The third-order valence-corrected chi connectivity index (χ3v) is 3.65. The summed E-state index contributed by atoms with van der Waals surface area (Å²) in [5, 5.41) is 1.56. The zero-order valence-electron chi connectivity index (χ0n) is 11.4. The Kier molecular flexibility index (Phi) is 4.38. The Hall–Kier alpha value is -1.61. The summed E-state index contributed by atoms with van der Waals surface area (Å²) in [6, 6.07) is 11.7. The van der Waals surface area contributed by atoms with Crippen LogP contribution in [0.25, 0.3) is 11.1 Å². The molecule has 0 radical (unpaired) electrons. The van der Waals surface area contributed by atoms with E-state index in [4.69, 9.17) is 0 Å². The summed E-state index contributed by atoms with van der Waals surface area (Å²) >= 11 is 1.75. The topological polar surface area (TPSA) is 30.0 Å². The van der Waals surface area contributed by atoms with E-state index in [1.54, 1.807) is 18.7 Å². The van der Waals surface area contributed by atoms with Crippen molar-refractivity contribution in [3.63, 3.8) is 0 Å². The number of hydrogen-bond donors (Lipinski definition) is 0. The quantitative estimate of drug-likeness (QED) is 0.608. The van der Waals surface area contributed by atoms with Gasteiger partial charge in [-0.25, -0.2) is 4.98 Å². The van der Waals surface area contributed by atoms with Crippen molar-refractivity contribution in [3.05, 3.63) is 48.2 Å². The molecule has 0 unspecified atom stereocenters. The van der Waals surface area contributed by atoms with Gasteiger partial charge in [0.15, 0.2) is 5.78 Å². The third kappa shape index (κ3) is 3.67. The summed E-state index contributed by atoms with van der Waals surface area (Å²) in [6.07, 6.45) is 1.87. The minimum absolute atomic E-state index is 0.0850. The number of hydrogen-bond acceptors (Lipinski definition) is 3. The second kappa shape index (κ2) is 6.02. The number of benzene rings is 1. The predicted octanol–water partition coefficient (Wildman–Crippen LogP) is 4.45. The lowest BCUT2D eigenvalue weighted by Crippen LogP contribution is -1.92. The van der Waals surface area contributed by atoms with Gasteiger partial charge in [-0.05, 0) is 24.6 Å². The first-order valence-electron chi connectivity index (χ1n) is 6.30. The monoisotopic (exact) mass is 271 g/mol. The number of pyridine rings is 1. The summed E-state index contributed by atoms with van der Waals surface area (Å²) in [6.45, 7) is 5.88. The van der Waals surface area contributed by atoms with Crippen LogP contribution in [0.15, 0.2) is 47.6 Å². The highest BCUT2D eigenvalue weighted by Gasteiger charge is 2.04. The van der Waals surface area contributed by atoms with E-state index < -0.39 is 0 Å². The highest BCUT2D eigenvalue weighted by Crippen LogP contribution is 2.24. The van der Waals surface area contributed by atoms with Crippen LogP contribution in [0.1, 0.15) is 31.1 Å². The maximum Gasteiger partial charge on any atom is 0.159 e. The SMILES string of the molecule is CC(=O)c1cccc(-c2ccc(SC(C)C)nc2)c1. The number of carbonyl (C=O) groups excluding carboxylic acids is 1. The van der Waals surface area contributed by atoms with E-state index in [1.165, 1.54) is 0 Å². The maximum atomic E-state index is 11.4. The van der Waals surface area contributed by atoms with Gasteiger partial charge in [-0.15, -0.1) is 11.8 Å². The molecule has 2 aromatic rings. The van der Waals surface area contributed by atoms with Crippen LogP contribution in [0.3, 0.4) is 0 Å². The van der Waals surface area contributed by atoms with Crippen LogP contribution in [0.5, 0.6) is 0 Å². The van der Waals surface area contributed by atoms with Crippen molar-refractivity contribution in [2.45, 2.75) is 31.0 Å². The lowest BCUT2D eigenvalue weighted by Gasteiger charge is -2.06. The van der Waals surface area contributed by atoms with Gasteiger partial charge in [0.25, 0.3) is 0 Å². The first-order chi connectivity index (χ1) is 9.06. The molecule has 1 aromatic carbocycles. The molecule has 0 N–H and O–H groups in total. The van der Waals surface area contributed by atoms with Gasteiger partial charge in [0.1, 0.15) is 0 Å². The molecular formula is C16H17NOS. The van der Waals surface area contributed by atoms with E-state index >= 15 is 0 Å². The molecule has 0 amide bonds. The number of aromatic nitrogens is 1. The minimum Gasteiger partial charge on any atom is -0.295 e. The van der Waals surface area contributed by atoms with Gasteiger partial charge in [0, 0.05) is 22.6 Å². The Morgan fingerprint density at radius 2 is 1.95 bits per heavy atom. The number of rotatable bonds is 4. The van der Waals surface area contributed by atoms with E-state index in [0.717, 1.165) is 21.7 Å². The molecule has 0 aliphatic heterocycles. The van der Waals surface area contributed by atoms with Crippen LogP contribution in [0, 0.1) is 0 Å². The van der Waals surface area contributed by atoms with Crippen LogP contribution in [0.2, 0.25) is 0 Å². The van der Waals surface area contributed by atoms with Gasteiger partial charge in [0.2, 0.25) is 0 Å². The number of thioether (sulfide) groups is 1. The average molecular weight is 271 g/mol. The van der Waals surface area contributed by atoms with Crippen molar-refractivity contribution >= 4 is 17.5 Å². The predicted molar refractivity (Wildman–Crippen MR) is 80.7 cm³/mol. The standard InChI is InChI=1S/C16H17NOS/c1-11(2)19-16-8-7-15(10-17-16)14-6-4-5-13(9-14)12(3)18/h4-11H,1-3H3. The highest BCUT2D eigenvalue weighted by molar-refractivity contribution is 7.99. The van der Waals surface area contributed by atoms with E-state index in [1.807, 2.05) is 36.5 Å². The lowest BCUT2D eigenvalue weighted by molar-refractivity contribution is 0.101. The highest BCUT2D eigenvalue weighted by atomic mass is 32.2. The molecule has 0 spiro atoms. The second-order valence-electron chi connectivity index (χ2n) is 4.69. The van der Waals surface area contributed by atoms with Crippen LogP contribution in [-0.2, 0) is 0 Å². The number of Topliss-reactive ketones (excluding diaryl/α,β-unsaturated/α-hetero) is 1. The number of carbonyl (C=O) groups is 1. The van der Waals surface area contributed by atoms with Crippen LogP contribution >= 0.6 is 11.8 Å². The molecule has 0 aliphatic carbocycles. The van der Waals surface area contributed by atoms with Crippen molar-refractivity contribution < 1.29 is 4.79 Å². The second-order valence-corrected chi connectivity index (χ2v) is 6.29. The molecule has 0 saturated carbocycles. The van der Waals surface area contributed by atoms with Crippen molar-refractivity contribution in [1.29, 1.82) is 0 Å². The first-order valence-corrected chi connectivity index (χ1v) is 7.18. The van der Waals surface area contributed by atoms with Gasteiger partial charge in [-0.1, -0.05) is 38.1 Å². The van der Waals surface area contributed by atoms with Crippen LogP contribution in [0.4, 0.5) is 0 Å². The molecule has 0 fully saturated rings. The van der Waals surface area contributed by atoms with Crippen LogP contribution in [-0.4, -0.2) is 16.0 Å². The number of ketones is 1. The fraction of sp³-hybridized carbons (Fsp3) is 0.250. The smallest absolute Gasteiger partial charge is 0.159 e. The van der Waals surface area contributed by atoms with E-state index in [0.29, 0.717) is 5.25 Å². The Bertz CT molecular complexity index is 576. The summed E-state index contributed by atoms with van der Waals surface area (Å²) in [4.78, 5) is 15.8. The zero-order chi connectivity index (χ0) is 13.8. The molecule has 0 atom stereocenters. The van der Waals surface area contributed by atoms with E-state index in [-0.39, 0.29) is 5.78 Å². The van der Waals surface area contributed by atoms with Crippen molar-refractivity contribution in [2.24, 2.45) is 0 Å². The Balaban J connectivity index is 2.27. The Morgan fingerprint density at radius 3 is 2.53 bits per heavy atom. The zero-order valence-corrected chi connectivity index (χ0v) is 12.2. The molecule has 2 rings (SSSR count). The molecule has 0 aliphatic rings. The van der Waals surface area contributed by atoms with E-state index in [9.17, 15) is 4.79 Å². The van der Waals surface area contributed by atoms with Gasteiger partial charge in [0.05, 0.1) is 5.03 Å². The molecule has 98 valence electrons. The summed E-state index contributed by atoms with van der Waals surface area (Å²) in [7, 11) is 0. The molecular weight excluding hydrogens is 254 g/mol. The summed E-state index contributed by atoms with van der Waals surface area (Å²) in [5.74, 6) is 0.0850. The van der Waals surface area contributed by atoms with Crippen LogP contribution < -0.4 is 0 Å². The van der Waals surface area contributed by atoms with Gasteiger partial charge in [-0.2, -0.15) is 0 Å². The molecule has 2 nitrogen and oxygen atoms in total. The fourth-order valence-corrected chi connectivity index (χ4v) is 2.52. The normalized spacial score (nSPS) is 10.7. The number of nitrogens with zero attached hydrogens (tertiary/aromatic N) is 1.